The molecule has 1 aliphatic rings. The van der Waals surface area contributed by atoms with Crippen molar-refractivity contribution in [2.75, 3.05) is 0 Å². The van der Waals surface area contributed by atoms with Crippen molar-refractivity contribution in [3.8, 4) is 0 Å². The van der Waals surface area contributed by atoms with Crippen molar-refractivity contribution < 1.29 is 14.7 Å². The molecule has 84 valence electrons. The molecule has 0 aliphatic heterocycles. The number of rotatable bonds is 3. The fraction of sp³-hybridized carbons (Fsp3) is 0.333. The van der Waals surface area contributed by atoms with Gasteiger partial charge in [-0.3, -0.25) is 9.59 Å². The van der Waals surface area contributed by atoms with Crippen molar-refractivity contribution in [3.63, 3.8) is 0 Å². The first-order chi connectivity index (χ1) is 7.59. The molecule has 3 nitrogen and oxygen atoms in total. The lowest BCUT2D eigenvalue weighted by molar-refractivity contribution is -0.137. The Labute approximate surface area is 98.0 Å². The Balaban J connectivity index is 2.18. The summed E-state index contributed by atoms with van der Waals surface area (Å²) in [6, 6.07) is 5.26. The van der Waals surface area contributed by atoms with E-state index in [1.54, 1.807) is 18.2 Å². The van der Waals surface area contributed by atoms with Crippen LogP contribution in [0.25, 0.3) is 0 Å². The molecule has 0 spiro atoms. The first kappa shape index (κ1) is 11.1. The maximum Gasteiger partial charge on any atom is 0.303 e. The van der Waals surface area contributed by atoms with Gasteiger partial charge in [-0.25, -0.2) is 0 Å². The van der Waals surface area contributed by atoms with Gasteiger partial charge in [-0.15, -0.1) is 0 Å². The Morgan fingerprint density at radius 2 is 2.25 bits per heavy atom. The number of hydrogen-bond donors (Lipinski definition) is 1. The predicted molar refractivity (Wildman–Crippen MR) is 59.8 cm³/mol. The molecule has 1 aromatic rings. The standard InChI is InChI=1S/C12H11ClO3/c13-10-3-1-2-8-9(10)6-7(12(8)16)4-5-11(14)15/h1-3,7H,4-6H2,(H,14,15). The van der Waals surface area contributed by atoms with Crippen LogP contribution in [-0.4, -0.2) is 16.9 Å². The number of fused-ring (bicyclic) bond motifs is 1. The summed E-state index contributed by atoms with van der Waals surface area (Å²) < 4.78 is 0. The molecule has 0 bridgehead atoms. The quantitative estimate of drug-likeness (QED) is 0.881. The minimum atomic E-state index is -0.866. The van der Waals surface area contributed by atoms with Gasteiger partial charge in [0.05, 0.1) is 0 Å². The minimum absolute atomic E-state index is 0.0266. The molecular weight excluding hydrogens is 228 g/mol. The van der Waals surface area contributed by atoms with E-state index in [9.17, 15) is 9.59 Å². The zero-order chi connectivity index (χ0) is 11.7. The second-order valence-corrected chi connectivity index (χ2v) is 4.37. The molecule has 0 aromatic heterocycles. The average Bonchev–Trinajstić information content (AvgIpc) is 2.55. The van der Waals surface area contributed by atoms with Crippen molar-refractivity contribution in [1.29, 1.82) is 0 Å². The van der Waals surface area contributed by atoms with Gasteiger partial charge in [0.15, 0.2) is 5.78 Å². The summed E-state index contributed by atoms with van der Waals surface area (Å²) in [6.07, 6.45) is 0.988. The molecule has 1 atom stereocenters. The minimum Gasteiger partial charge on any atom is -0.481 e. The summed E-state index contributed by atoms with van der Waals surface area (Å²) in [5.74, 6) is -1.06. The van der Waals surface area contributed by atoms with E-state index in [1.165, 1.54) is 0 Å². The fourth-order valence-corrected chi connectivity index (χ4v) is 2.34. The molecule has 1 unspecified atom stereocenters. The molecule has 0 saturated heterocycles. The van der Waals surface area contributed by atoms with E-state index in [0.29, 0.717) is 23.4 Å². The van der Waals surface area contributed by atoms with Gasteiger partial charge in [-0.1, -0.05) is 23.7 Å². The predicted octanol–water partition coefficient (Wildman–Crippen LogP) is 2.56. The summed E-state index contributed by atoms with van der Waals surface area (Å²) in [6.45, 7) is 0. The van der Waals surface area contributed by atoms with Gasteiger partial charge in [-0.05, 0) is 24.5 Å². The van der Waals surface area contributed by atoms with E-state index in [2.05, 4.69) is 0 Å². The van der Waals surface area contributed by atoms with E-state index in [0.717, 1.165) is 5.56 Å². The van der Waals surface area contributed by atoms with Gasteiger partial charge in [0, 0.05) is 22.9 Å². The van der Waals surface area contributed by atoms with Gasteiger partial charge in [-0.2, -0.15) is 0 Å². The third kappa shape index (κ3) is 1.95. The molecule has 4 heteroatoms. The van der Waals surface area contributed by atoms with Crippen LogP contribution < -0.4 is 0 Å². The summed E-state index contributed by atoms with van der Waals surface area (Å²) in [4.78, 5) is 22.4. The van der Waals surface area contributed by atoms with E-state index in [4.69, 9.17) is 16.7 Å². The third-order valence-corrected chi connectivity index (χ3v) is 3.27. The molecule has 1 aromatic carbocycles. The lowest BCUT2D eigenvalue weighted by Gasteiger charge is -2.04. The Morgan fingerprint density at radius 1 is 1.50 bits per heavy atom. The molecule has 0 saturated carbocycles. The monoisotopic (exact) mass is 238 g/mol. The van der Waals surface area contributed by atoms with E-state index < -0.39 is 5.97 Å². The molecular formula is C12H11ClO3. The van der Waals surface area contributed by atoms with Crippen LogP contribution in [-0.2, 0) is 11.2 Å². The van der Waals surface area contributed by atoms with E-state index in [-0.39, 0.29) is 18.1 Å². The van der Waals surface area contributed by atoms with Crippen LogP contribution in [0.4, 0.5) is 0 Å². The van der Waals surface area contributed by atoms with Crippen molar-refractivity contribution in [2.45, 2.75) is 19.3 Å². The Hall–Kier alpha value is -1.35. The number of aliphatic carboxylic acids is 1. The fourth-order valence-electron chi connectivity index (χ4n) is 2.09. The SMILES string of the molecule is O=C(O)CCC1Cc2c(Cl)cccc2C1=O. The first-order valence-electron chi connectivity index (χ1n) is 5.13. The molecule has 0 amide bonds. The molecule has 16 heavy (non-hydrogen) atoms. The number of carboxylic acid groups (broad SMARTS) is 1. The number of Topliss-reactive ketones (excluding diaryl/α,β-unsaturated/α-hetero) is 1. The van der Waals surface area contributed by atoms with Crippen LogP contribution >= 0.6 is 11.6 Å². The van der Waals surface area contributed by atoms with E-state index >= 15 is 0 Å². The highest BCUT2D eigenvalue weighted by molar-refractivity contribution is 6.32. The highest BCUT2D eigenvalue weighted by atomic mass is 35.5. The number of halogens is 1. The third-order valence-electron chi connectivity index (χ3n) is 2.91. The van der Waals surface area contributed by atoms with Gasteiger partial charge in [0.1, 0.15) is 0 Å². The second-order valence-electron chi connectivity index (χ2n) is 3.96. The number of carbonyl (C=O) groups is 2. The zero-order valence-corrected chi connectivity index (χ0v) is 9.33. The molecule has 1 N–H and O–H groups in total. The summed E-state index contributed by atoms with van der Waals surface area (Å²) in [5.41, 5.74) is 1.52. The number of benzene rings is 1. The summed E-state index contributed by atoms with van der Waals surface area (Å²) in [5, 5.41) is 9.19. The topological polar surface area (TPSA) is 54.4 Å². The van der Waals surface area contributed by atoms with Crippen LogP contribution in [0, 0.1) is 5.92 Å². The highest BCUT2D eigenvalue weighted by Crippen LogP contribution is 2.33. The largest absolute Gasteiger partial charge is 0.481 e. The van der Waals surface area contributed by atoms with Gasteiger partial charge in [0.2, 0.25) is 0 Å². The van der Waals surface area contributed by atoms with E-state index in [1.807, 2.05) is 0 Å². The zero-order valence-electron chi connectivity index (χ0n) is 8.57. The Morgan fingerprint density at radius 3 is 2.88 bits per heavy atom. The van der Waals surface area contributed by atoms with Crippen molar-refractivity contribution in [2.24, 2.45) is 5.92 Å². The lowest BCUT2D eigenvalue weighted by Crippen LogP contribution is -2.11. The van der Waals surface area contributed by atoms with Crippen molar-refractivity contribution in [1.82, 2.24) is 0 Å². The van der Waals surface area contributed by atoms with Gasteiger partial charge >= 0.3 is 5.97 Å². The van der Waals surface area contributed by atoms with Gasteiger partial charge < -0.3 is 5.11 Å². The molecule has 0 heterocycles. The molecule has 2 rings (SSSR count). The van der Waals surface area contributed by atoms with Crippen LogP contribution in [0.15, 0.2) is 18.2 Å². The van der Waals surface area contributed by atoms with Crippen LogP contribution in [0.2, 0.25) is 5.02 Å². The Bertz CT molecular complexity index is 454. The highest BCUT2D eigenvalue weighted by Gasteiger charge is 2.31. The Kier molecular flexibility index (Phi) is 2.97. The normalized spacial score (nSPS) is 18.6. The van der Waals surface area contributed by atoms with Crippen molar-refractivity contribution >= 4 is 23.4 Å². The second kappa shape index (κ2) is 4.26. The number of hydrogen-bond acceptors (Lipinski definition) is 2. The average molecular weight is 239 g/mol. The summed E-state index contributed by atoms with van der Waals surface area (Å²) >= 11 is 5.99. The number of ketones is 1. The lowest BCUT2D eigenvalue weighted by atomic mass is 9.99. The maximum atomic E-state index is 11.9. The number of carbonyl (C=O) groups excluding carboxylic acids is 1. The number of carboxylic acids is 1. The first-order valence-corrected chi connectivity index (χ1v) is 5.51. The van der Waals surface area contributed by atoms with Crippen LogP contribution in [0.5, 0.6) is 0 Å². The summed E-state index contributed by atoms with van der Waals surface area (Å²) in [7, 11) is 0. The van der Waals surface area contributed by atoms with Crippen LogP contribution in [0.3, 0.4) is 0 Å². The molecule has 1 aliphatic carbocycles. The smallest absolute Gasteiger partial charge is 0.303 e. The molecule has 0 fully saturated rings. The van der Waals surface area contributed by atoms with Gasteiger partial charge in [0.25, 0.3) is 0 Å². The van der Waals surface area contributed by atoms with Crippen LogP contribution in [0.1, 0.15) is 28.8 Å². The van der Waals surface area contributed by atoms with Crippen molar-refractivity contribution in [3.05, 3.63) is 34.3 Å². The maximum absolute atomic E-state index is 11.9. The molecule has 0 radical (unpaired) electrons.